The molecule has 0 bridgehead atoms. The van der Waals surface area contributed by atoms with Crippen molar-refractivity contribution in [2.45, 2.75) is 6.92 Å². The third kappa shape index (κ3) is 1.95. The molecule has 4 heteroatoms. The number of H-pyrrole nitrogens is 1. The number of methoxy groups -OCH3 is 1. The summed E-state index contributed by atoms with van der Waals surface area (Å²) in [6, 6.07) is 7.63. The van der Waals surface area contributed by atoms with E-state index in [1.54, 1.807) is 13.3 Å². The van der Waals surface area contributed by atoms with Gasteiger partial charge in [0.1, 0.15) is 5.75 Å². The van der Waals surface area contributed by atoms with E-state index >= 15 is 0 Å². The van der Waals surface area contributed by atoms with Crippen LogP contribution in [-0.4, -0.2) is 17.1 Å². The molecule has 0 saturated heterocycles. The Bertz CT molecular complexity index is 561. The molecule has 0 saturated carbocycles. The van der Waals surface area contributed by atoms with E-state index in [9.17, 15) is 4.79 Å². The minimum absolute atomic E-state index is 0.329. The molecule has 1 heterocycles. The van der Waals surface area contributed by atoms with Crippen LogP contribution in [-0.2, 0) is 0 Å². The van der Waals surface area contributed by atoms with Crippen molar-refractivity contribution in [1.82, 2.24) is 9.97 Å². The Morgan fingerprint density at radius 2 is 2.19 bits per heavy atom. The highest BCUT2D eigenvalue weighted by molar-refractivity contribution is 5.66. The minimum atomic E-state index is -0.329. The summed E-state index contributed by atoms with van der Waals surface area (Å²) in [5.41, 5.74) is 2.25. The van der Waals surface area contributed by atoms with Gasteiger partial charge in [0.25, 0.3) is 0 Å². The number of nitrogens with zero attached hydrogens (tertiary/aromatic N) is 1. The zero-order chi connectivity index (χ0) is 11.5. The summed E-state index contributed by atoms with van der Waals surface area (Å²) in [7, 11) is 1.62. The van der Waals surface area contributed by atoms with Gasteiger partial charge < -0.3 is 9.72 Å². The average molecular weight is 216 g/mol. The molecule has 1 aromatic heterocycles. The zero-order valence-electron chi connectivity index (χ0n) is 9.15. The summed E-state index contributed by atoms with van der Waals surface area (Å²) in [5, 5.41) is 0. The van der Waals surface area contributed by atoms with Gasteiger partial charge in [0, 0.05) is 11.8 Å². The maximum Gasteiger partial charge on any atom is 0.345 e. The van der Waals surface area contributed by atoms with E-state index in [2.05, 4.69) is 9.97 Å². The van der Waals surface area contributed by atoms with Gasteiger partial charge in [-0.2, -0.15) is 4.98 Å². The molecule has 0 amide bonds. The van der Waals surface area contributed by atoms with Crippen molar-refractivity contribution in [3.05, 3.63) is 46.6 Å². The fourth-order valence-corrected chi connectivity index (χ4v) is 1.57. The monoisotopic (exact) mass is 216 g/mol. The Morgan fingerprint density at radius 1 is 1.38 bits per heavy atom. The highest BCUT2D eigenvalue weighted by Crippen LogP contribution is 2.24. The van der Waals surface area contributed by atoms with E-state index in [4.69, 9.17) is 4.74 Å². The molecule has 0 radical (unpaired) electrons. The summed E-state index contributed by atoms with van der Waals surface area (Å²) in [6.07, 6.45) is 1.67. The van der Waals surface area contributed by atoms with Gasteiger partial charge in [0.15, 0.2) is 0 Å². The molecular weight excluding hydrogens is 204 g/mol. The van der Waals surface area contributed by atoms with Crippen molar-refractivity contribution >= 4 is 0 Å². The van der Waals surface area contributed by atoms with Crippen LogP contribution in [0.5, 0.6) is 5.75 Å². The molecule has 16 heavy (non-hydrogen) atoms. The highest BCUT2D eigenvalue weighted by atomic mass is 16.5. The Balaban J connectivity index is 2.54. The molecule has 0 aliphatic rings. The third-order valence-electron chi connectivity index (χ3n) is 2.38. The summed E-state index contributed by atoms with van der Waals surface area (Å²) in [5.74, 6) is 0.781. The second-order valence-corrected chi connectivity index (χ2v) is 3.44. The van der Waals surface area contributed by atoms with Gasteiger partial charge in [0.05, 0.1) is 12.8 Å². The third-order valence-corrected chi connectivity index (χ3v) is 2.38. The lowest BCUT2D eigenvalue weighted by Crippen LogP contribution is -2.11. The van der Waals surface area contributed by atoms with Crippen LogP contribution in [0.3, 0.4) is 0 Å². The lowest BCUT2D eigenvalue weighted by molar-refractivity contribution is 0.415. The number of rotatable bonds is 2. The van der Waals surface area contributed by atoms with E-state index in [-0.39, 0.29) is 5.69 Å². The van der Waals surface area contributed by atoms with Gasteiger partial charge in [-0.3, -0.25) is 0 Å². The average Bonchev–Trinajstić information content (AvgIpc) is 2.29. The second kappa shape index (κ2) is 4.18. The van der Waals surface area contributed by atoms with E-state index in [0.29, 0.717) is 5.69 Å². The first-order valence-corrected chi connectivity index (χ1v) is 4.91. The van der Waals surface area contributed by atoms with E-state index in [0.717, 1.165) is 16.9 Å². The molecule has 4 nitrogen and oxygen atoms in total. The van der Waals surface area contributed by atoms with Crippen LogP contribution in [0.1, 0.15) is 5.69 Å². The quantitative estimate of drug-likeness (QED) is 0.832. The molecule has 1 N–H and O–H groups in total. The van der Waals surface area contributed by atoms with Gasteiger partial charge in [-0.1, -0.05) is 12.1 Å². The lowest BCUT2D eigenvalue weighted by Gasteiger charge is -2.06. The van der Waals surface area contributed by atoms with E-state index in [1.165, 1.54) is 0 Å². The first-order valence-electron chi connectivity index (χ1n) is 4.91. The summed E-state index contributed by atoms with van der Waals surface area (Å²) in [6.45, 7) is 1.81. The Kier molecular flexibility index (Phi) is 2.72. The van der Waals surface area contributed by atoms with Crippen LogP contribution >= 0.6 is 0 Å². The SMILES string of the molecule is COc1cccc(-c2c[nH]c(=O)nc2C)c1. The van der Waals surface area contributed by atoms with Crippen molar-refractivity contribution in [1.29, 1.82) is 0 Å². The molecule has 2 aromatic rings. The lowest BCUT2D eigenvalue weighted by atomic mass is 10.1. The minimum Gasteiger partial charge on any atom is -0.497 e. The molecule has 0 fully saturated rings. The molecule has 0 aliphatic heterocycles. The first kappa shape index (κ1) is 10.4. The summed E-state index contributed by atoms with van der Waals surface area (Å²) < 4.78 is 5.15. The standard InChI is InChI=1S/C12H12N2O2/c1-8-11(7-13-12(15)14-8)9-4-3-5-10(6-9)16-2/h3-7H,1-2H3,(H,13,14,15). The van der Waals surface area contributed by atoms with E-state index < -0.39 is 0 Å². The van der Waals surface area contributed by atoms with Crippen molar-refractivity contribution in [3.8, 4) is 16.9 Å². The number of ether oxygens (including phenoxy) is 1. The highest BCUT2D eigenvalue weighted by Gasteiger charge is 2.04. The van der Waals surface area contributed by atoms with Gasteiger partial charge in [-0.15, -0.1) is 0 Å². The fourth-order valence-electron chi connectivity index (χ4n) is 1.57. The predicted octanol–water partition coefficient (Wildman–Crippen LogP) is 1.75. The Hall–Kier alpha value is -2.10. The smallest absolute Gasteiger partial charge is 0.345 e. The number of aryl methyl sites for hydroxylation is 1. The topological polar surface area (TPSA) is 55.0 Å². The number of benzene rings is 1. The number of aromatic amines is 1. The first-order chi connectivity index (χ1) is 7.70. The maximum absolute atomic E-state index is 11.0. The molecular formula is C12H12N2O2. The zero-order valence-corrected chi connectivity index (χ0v) is 9.15. The van der Waals surface area contributed by atoms with Crippen molar-refractivity contribution in [3.63, 3.8) is 0 Å². The number of hydrogen-bond acceptors (Lipinski definition) is 3. The molecule has 0 spiro atoms. The molecule has 2 rings (SSSR count). The van der Waals surface area contributed by atoms with Crippen LogP contribution < -0.4 is 10.4 Å². The van der Waals surface area contributed by atoms with Gasteiger partial charge >= 0.3 is 5.69 Å². The van der Waals surface area contributed by atoms with Gasteiger partial charge in [0.2, 0.25) is 0 Å². The second-order valence-electron chi connectivity index (χ2n) is 3.44. The van der Waals surface area contributed by atoms with Crippen molar-refractivity contribution < 1.29 is 4.74 Å². The van der Waals surface area contributed by atoms with Gasteiger partial charge in [-0.25, -0.2) is 4.79 Å². The van der Waals surface area contributed by atoms with Crippen LogP contribution in [0.2, 0.25) is 0 Å². The van der Waals surface area contributed by atoms with Crippen LogP contribution in [0.15, 0.2) is 35.3 Å². The Morgan fingerprint density at radius 3 is 2.88 bits per heavy atom. The largest absolute Gasteiger partial charge is 0.497 e. The number of aromatic nitrogens is 2. The summed E-state index contributed by atoms with van der Waals surface area (Å²) in [4.78, 5) is 17.4. The molecule has 82 valence electrons. The summed E-state index contributed by atoms with van der Waals surface area (Å²) >= 11 is 0. The Labute approximate surface area is 92.9 Å². The number of hydrogen-bond donors (Lipinski definition) is 1. The van der Waals surface area contributed by atoms with Crippen LogP contribution in [0.4, 0.5) is 0 Å². The molecule has 1 aromatic carbocycles. The molecule has 0 unspecified atom stereocenters. The number of nitrogens with one attached hydrogen (secondary N) is 1. The predicted molar refractivity (Wildman–Crippen MR) is 61.6 cm³/mol. The molecule has 0 atom stereocenters. The molecule has 0 aliphatic carbocycles. The van der Waals surface area contributed by atoms with Crippen molar-refractivity contribution in [2.75, 3.05) is 7.11 Å². The maximum atomic E-state index is 11.0. The van der Waals surface area contributed by atoms with Crippen LogP contribution in [0.25, 0.3) is 11.1 Å². The normalized spacial score (nSPS) is 10.1. The van der Waals surface area contributed by atoms with Crippen LogP contribution in [0, 0.1) is 6.92 Å². The van der Waals surface area contributed by atoms with Gasteiger partial charge in [-0.05, 0) is 24.6 Å². The fraction of sp³-hybridized carbons (Fsp3) is 0.167. The van der Waals surface area contributed by atoms with Crippen molar-refractivity contribution in [2.24, 2.45) is 0 Å². The van der Waals surface area contributed by atoms with E-state index in [1.807, 2.05) is 31.2 Å².